The molecule has 2 saturated heterocycles. The molecule has 0 bridgehead atoms. The molecular weight excluding hydrogens is 343 g/mol. The number of amides is 1. The minimum Gasteiger partial charge on any atom is -0.341 e. The Labute approximate surface area is 162 Å². The molecule has 150 valence electrons. The van der Waals surface area contributed by atoms with Crippen molar-refractivity contribution in [3.05, 3.63) is 35.6 Å². The standard InChI is InChI=1S/C21H33FN4O/c1-4-24-13-15-25(16-14-24)17-9-11-26(12-10-17)21(27)20(23(2)3)18-7-5-6-8-19(18)22/h5-8,17,20H,4,9-16H2,1-3H3. The maximum absolute atomic E-state index is 14.3. The van der Waals surface area contributed by atoms with Gasteiger partial charge in [-0.1, -0.05) is 25.1 Å². The highest BCUT2D eigenvalue weighted by Crippen LogP contribution is 2.26. The monoisotopic (exact) mass is 376 g/mol. The molecule has 1 unspecified atom stereocenters. The third kappa shape index (κ3) is 4.68. The number of hydrogen-bond acceptors (Lipinski definition) is 4. The minimum atomic E-state index is -0.559. The van der Waals surface area contributed by atoms with Crippen LogP contribution in [-0.2, 0) is 4.79 Å². The summed E-state index contributed by atoms with van der Waals surface area (Å²) in [7, 11) is 3.68. The minimum absolute atomic E-state index is 0.0133. The summed E-state index contributed by atoms with van der Waals surface area (Å²) < 4.78 is 14.3. The van der Waals surface area contributed by atoms with Gasteiger partial charge in [-0.05, 0) is 39.5 Å². The van der Waals surface area contributed by atoms with E-state index in [1.807, 2.05) is 23.9 Å². The summed E-state index contributed by atoms with van der Waals surface area (Å²) in [6, 6.07) is 6.62. The molecule has 0 radical (unpaired) electrons. The predicted octanol–water partition coefficient (Wildman–Crippen LogP) is 2.06. The van der Waals surface area contributed by atoms with Crippen molar-refractivity contribution in [3.63, 3.8) is 0 Å². The molecule has 1 aromatic carbocycles. The van der Waals surface area contributed by atoms with Gasteiger partial charge in [0.05, 0.1) is 0 Å². The fourth-order valence-corrected chi connectivity index (χ4v) is 4.40. The lowest BCUT2D eigenvalue weighted by atomic mass is 9.99. The summed E-state index contributed by atoms with van der Waals surface area (Å²) in [6.07, 6.45) is 2.02. The fourth-order valence-electron chi connectivity index (χ4n) is 4.40. The van der Waals surface area contributed by atoms with E-state index in [-0.39, 0.29) is 11.7 Å². The van der Waals surface area contributed by atoms with Crippen LogP contribution in [0.2, 0.25) is 0 Å². The van der Waals surface area contributed by atoms with Gasteiger partial charge in [-0.3, -0.25) is 14.6 Å². The summed E-state index contributed by atoms with van der Waals surface area (Å²) in [5.74, 6) is -0.299. The van der Waals surface area contributed by atoms with E-state index in [4.69, 9.17) is 0 Å². The molecule has 1 atom stereocenters. The molecule has 0 aromatic heterocycles. The second-order valence-corrected chi connectivity index (χ2v) is 7.91. The molecule has 1 aromatic rings. The summed E-state index contributed by atoms with van der Waals surface area (Å²) in [6.45, 7) is 9.41. The molecule has 27 heavy (non-hydrogen) atoms. The van der Waals surface area contributed by atoms with Crippen molar-refractivity contribution in [1.82, 2.24) is 19.6 Å². The second kappa shape index (κ2) is 9.13. The molecule has 0 N–H and O–H groups in total. The van der Waals surface area contributed by atoms with Gasteiger partial charge >= 0.3 is 0 Å². The van der Waals surface area contributed by atoms with E-state index in [2.05, 4.69) is 16.7 Å². The third-order valence-corrected chi connectivity index (χ3v) is 6.10. The summed E-state index contributed by atoms with van der Waals surface area (Å²) >= 11 is 0. The number of hydrogen-bond donors (Lipinski definition) is 0. The van der Waals surface area contributed by atoms with Gasteiger partial charge in [0.25, 0.3) is 0 Å². The van der Waals surface area contributed by atoms with Crippen LogP contribution in [0.15, 0.2) is 24.3 Å². The van der Waals surface area contributed by atoms with Crippen molar-refractivity contribution in [2.24, 2.45) is 0 Å². The fraction of sp³-hybridized carbons (Fsp3) is 0.667. The van der Waals surface area contributed by atoms with Gasteiger partial charge in [-0.15, -0.1) is 0 Å². The molecule has 3 rings (SSSR count). The van der Waals surface area contributed by atoms with Crippen molar-refractivity contribution in [1.29, 1.82) is 0 Å². The maximum atomic E-state index is 14.3. The van der Waals surface area contributed by atoms with Gasteiger partial charge in [-0.2, -0.15) is 0 Å². The molecule has 0 spiro atoms. The van der Waals surface area contributed by atoms with Crippen LogP contribution in [0.25, 0.3) is 0 Å². The summed E-state index contributed by atoms with van der Waals surface area (Å²) in [5, 5.41) is 0. The summed E-state index contributed by atoms with van der Waals surface area (Å²) in [4.78, 5) is 22.0. The zero-order valence-electron chi connectivity index (χ0n) is 16.9. The van der Waals surface area contributed by atoms with E-state index in [0.29, 0.717) is 11.6 Å². The molecule has 2 aliphatic heterocycles. The molecule has 5 nitrogen and oxygen atoms in total. The highest BCUT2D eigenvalue weighted by atomic mass is 19.1. The topological polar surface area (TPSA) is 30.0 Å². The molecule has 6 heteroatoms. The molecule has 1 amide bonds. The van der Waals surface area contributed by atoms with Crippen LogP contribution in [0.3, 0.4) is 0 Å². The predicted molar refractivity (Wildman–Crippen MR) is 106 cm³/mol. The van der Waals surface area contributed by atoms with Crippen molar-refractivity contribution >= 4 is 5.91 Å². The molecular formula is C21H33FN4O. The largest absolute Gasteiger partial charge is 0.341 e. The van der Waals surface area contributed by atoms with Gasteiger partial charge in [0.15, 0.2) is 0 Å². The number of halogens is 1. The number of likely N-dealkylation sites (tertiary alicyclic amines) is 1. The van der Waals surface area contributed by atoms with E-state index in [0.717, 1.165) is 58.7 Å². The van der Waals surface area contributed by atoms with Crippen LogP contribution in [0, 0.1) is 5.82 Å². The van der Waals surface area contributed by atoms with Crippen LogP contribution in [0.4, 0.5) is 4.39 Å². The zero-order valence-corrected chi connectivity index (χ0v) is 16.9. The van der Waals surface area contributed by atoms with E-state index in [1.165, 1.54) is 6.07 Å². The molecule has 2 heterocycles. The Morgan fingerprint density at radius 1 is 1.11 bits per heavy atom. The maximum Gasteiger partial charge on any atom is 0.244 e. The number of rotatable bonds is 5. The van der Waals surface area contributed by atoms with Gasteiger partial charge in [0.1, 0.15) is 11.9 Å². The van der Waals surface area contributed by atoms with Crippen LogP contribution >= 0.6 is 0 Å². The number of nitrogens with zero attached hydrogens (tertiary/aromatic N) is 4. The second-order valence-electron chi connectivity index (χ2n) is 7.91. The zero-order chi connectivity index (χ0) is 19.4. The van der Waals surface area contributed by atoms with Crippen LogP contribution in [-0.4, -0.2) is 91.5 Å². The highest BCUT2D eigenvalue weighted by Gasteiger charge is 2.34. The number of carbonyl (C=O) groups is 1. The van der Waals surface area contributed by atoms with E-state index in [1.54, 1.807) is 18.2 Å². The Bertz CT molecular complexity index is 622. The smallest absolute Gasteiger partial charge is 0.244 e. The molecule has 2 aliphatic rings. The molecule has 0 aliphatic carbocycles. The Kier molecular flexibility index (Phi) is 6.84. The van der Waals surface area contributed by atoms with E-state index in [9.17, 15) is 9.18 Å². The van der Waals surface area contributed by atoms with Crippen molar-refractivity contribution in [3.8, 4) is 0 Å². The summed E-state index contributed by atoms with van der Waals surface area (Å²) in [5.41, 5.74) is 0.463. The van der Waals surface area contributed by atoms with Gasteiger partial charge < -0.3 is 9.80 Å². The van der Waals surface area contributed by atoms with Crippen LogP contribution in [0.5, 0.6) is 0 Å². The quantitative estimate of drug-likeness (QED) is 0.787. The first-order valence-electron chi connectivity index (χ1n) is 10.2. The Hall–Kier alpha value is -1.50. The van der Waals surface area contributed by atoms with Gasteiger partial charge in [0, 0.05) is 50.9 Å². The van der Waals surface area contributed by atoms with Gasteiger partial charge in [0.2, 0.25) is 5.91 Å². The Morgan fingerprint density at radius 3 is 2.30 bits per heavy atom. The Balaban J connectivity index is 1.59. The normalized spacial score (nSPS) is 21.6. The number of carbonyl (C=O) groups excluding carboxylic acids is 1. The third-order valence-electron chi connectivity index (χ3n) is 6.10. The number of piperidine rings is 1. The van der Waals surface area contributed by atoms with Crippen molar-refractivity contribution in [2.45, 2.75) is 31.8 Å². The lowest BCUT2D eigenvalue weighted by Crippen LogP contribution is -2.54. The lowest BCUT2D eigenvalue weighted by molar-refractivity contribution is -0.138. The Morgan fingerprint density at radius 2 is 1.74 bits per heavy atom. The first kappa shape index (κ1) is 20.2. The van der Waals surface area contributed by atoms with Crippen molar-refractivity contribution in [2.75, 3.05) is 59.9 Å². The average molecular weight is 377 g/mol. The SMILES string of the molecule is CCN1CCN(C2CCN(C(=O)C(c3ccccc3F)N(C)C)CC2)CC1. The van der Waals surface area contributed by atoms with Crippen molar-refractivity contribution < 1.29 is 9.18 Å². The first-order chi connectivity index (χ1) is 13.0. The van der Waals surface area contributed by atoms with Gasteiger partial charge in [-0.25, -0.2) is 4.39 Å². The van der Waals surface area contributed by atoms with Crippen LogP contribution < -0.4 is 0 Å². The first-order valence-corrected chi connectivity index (χ1v) is 10.2. The van der Waals surface area contributed by atoms with E-state index < -0.39 is 6.04 Å². The number of benzene rings is 1. The lowest BCUT2D eigenvalue weighted by Gasteiger charge is -2.43. The molecule has 2 fully saturated rings. The number of piperazine rings is 1. The number of likely N-dealkylation sites (N-methyl/N-ethyl adjacent to an activating group) is 2. The average Bonchev–Trinajstić information content (AvgIpc) is 2.69. The van der Waals surface area contributed by atoms with Crippen LogP contribution in [0.1, 0.15) is 31.4 Å². The molecule has 0 saturated carbocycles. The van der Waals surface area contributed by atoms with E-state index >= 15 is 0 Å². The highest BCUT2D eigenvalue weighted by molar-refractivity contribution is 5.83.